The van der Waals surface area contributed by atoms with E-state index in [-0.39, 0.29) is 5.57 Å². The Labute approximate surface area is 119 Å². The van der Waals surface area contributed by atoms with E-state index in [9.17, 15) is 9.18 Å². The molecule has 0 aromatic heterocycles. The molecule has 1 N–H and O–H groups in total. The largest absolute Gasteiger partial charge is 0.482 e. The second-order valence-electron chi connectivity index (χ2n) is 4.62. The van der Waals surface area contributed by atoms with Crippen LogP contribution in [0.25, 0.3) is 6.08 Å². The van der Waals surface area contributed by atoms with Gasteiger partial charge in [0, 0.05) is 5.56 Å². The zero-order chi connectivity index (χ0) is 15.3. The molecule has 0 saturated heterocycles. The summed E-state index contributed by atoms with van der Waals surface area (Å²) in [6.07, 6.45) is 0.465. The Balaban J connectivity index is 0.000000956. The molecule has 4 heteroatoms. The zero-order valence-electron chi connectivity index (χ0n) is 12.3. The molecule has 1 aliphatic heterocycles. The minimum Gasteiger partial charge on any atom is -0.482 e. The number of carboxylic acids is 1. The van der Waals surface area contributed by atoms with Crippen molar-refractivity contribution in [1.82, 2.24) is 0 Å². The van der Waals surface area contributed by atoms with E-state index in [0.29, 0.717) is 17.2 Å². The van der Waals surface area contributed by atoms with E-state index in [2.05, 4.69) is 13.8 Å². The third-order valence-corrected chi connectivity index (χ3v) is 3.02. The first-order valence-corrected chi connectivity index (χ1v) is 6.84. The lowest BCUT2D eigenvalue weighted by Gasteiger charge is -2.24. The lowest BCUT2D eigenvalue weighted by Crippen LogP contribution is -2.29. The van der Waals surface area contributed by atoms with Crippen LogP contribution in [0, 0.1) is 0 Å². The van der Waals surface area contributed by atoms with Gasteiger partial charge in [0.05, 0.1) is 5.57 Å². The molecule has 0 fully saturated rings. The predicted octanol–water partition coefficient (Wildman–Crippen LogP) is 4.03. The van der Waals surface area contributed by atoms with Crippen LogP contribution in [-0.2, 0) is 4.79 Å². The number of hydrogen-bond donors (Lipinski definition) is 1. The molecule has 20 heavy (non-hydrogen) atoms. The minimum absolute atomic E-state index is 0.0395. The number of ether oxygens (including phenoxy) is 1. The number of aliphatic carboxylic acids is 1. The molecule has 0 bridgehead atoms. The van der Waals surface area contributed by atoms with E-state index in [1.165, 1.54) is 6.08 Å². The molecular weight excluding hydrogens is 259 g/mol. The van der Waals surface area contributed by atoms with Crippen molar-refractivity contribution >= 4 is 12.0 Å². The maximum Gasteiger partial charge on any atom is 0.335 e. The van der Waals surface area contributed by atoms with Gasteiger partial charge in [-0.2, -0.15) is 0 Å². The topological polar surface area (TPSA) is 46.5 Å². The van der Waals surface area contributed by atoms with Crippen molar-refractivity contribution < 1.29 is 19.0 Å². The summed E-state index contributed by atoms with van der Waals surface area (Å²) in [6, 6.07) is 5.58. The normalized spacial score (nSPS) is 16.5. The van der Waals surface area contributed by atoms with Crippen molar-refractivity contribution in [2.45, 2.75) is 39.7 Å². The number of carboxylic acid groups (broad SMARTS) is 1. The van der Waals surface area contributed by atoms with Gasteiger partial charge in [0.15, 0.2) is 6.10 Å². The molecular formula is C16H21FO3. The van der Waals surface area contributed by atoms with Gasteiger partial charge in [0.2, 0.25) is 0 Å². The average molecular weight is 280 g/mol. The summed E-state index contributed by atoms with van der Waals surface area (Å²) in [5.74, 6) is -0.252. The number of carbonyl (C=O) groups is 1. The average Bonchev–Trinajstić information content (AvgIpc) is 2.47. The van der Waals surface area contributed by atoms with Gasteiger partial charge in [-0.25, -0.2) is 9.18 Å². The summed E-state index contributed by atoms with van der Waals surface area (Å²) in [7, 11) is 0. The Morgan fingerprint density at radius 1 is 1.40 bits per heavy atom. The van der Waals surface area contributed by atoms with Gasteiger partial charge in [-0.15, -0.1) is 0 Å². The van der Waals surface area contributed by atoms with E-state index in [0.717, 1.165) is 5.56 Å². The van der Waals surface area contributed by atoms with Crippen LogP contribution in [0.3, 0.4) is 0 Å². The van der Waals surface area contributed by atoms with Gasteiger partial charge in [0.25, 0.3) is 0 Å². The molecule has 2 rings (SSSR count). The van der Waals surface area contributed by atoms with Crippen molar-refractivity contribution in [3.05, 3.63) is 34.9 Å². The number of benzene rings is 1. The highest BCUT2D eigenvalue weighted by molar-refractivity contribution is 5.94. The second-order valence-corrected chi connectivity index (χ2v) is 4.62. The molecule has 1 unspecified atom stereocenters. The molecule has 0 spiro atoms. The highest BCUT2D eigenvalue weighted by Crippen LogP contribution is 2.32. The van der Waals surface area contributed by atoms with Crippen LogP contribution in [0.15, 0.2) is 23.8 Å². The Hall–Kier alpha value is -1.84. The van der Waals surface area contributed by atoms with E-state index in [4.69, 9.17) is 9.84 Å². The lowest BCUT2D eigenvalue weighted by molar-refractivity contribution is -0.133. The fourth-order valence-corrected chi connectivity index (χ4v) is 1.92. The van der Waals surface area contributed by atoms with Gasteiger partial charge < -0.3 is 9.84 Å². The van der Waals surface area contributed by atoms with Crippen molar-refractivity contribution in [1.29, 1.82) is 0 Å². The van der Waals surface area contributed by atoms with Gasteiger partial charge in [-0.05, 0) is 23.6 Å². The van der Waals surface area contributed by atoms with Crippen LogP contribution >= 0.6 is 0 Å². The number of hydrogen-bond acceptors (Lipinski definition) is 2. The third-order valence-electron chi connectivity index (χ3n) is 3.02. The molecule has 1 aliphatic rings. The van der Waals surface area contributed by atoms with Crippen LogP contribution in [0.4, 0.5) is 4.39 Å². The molecule has 0 saturated carbocycles. The van der Waals surface area contributed by atoms with Crippen molar-refractivity contribution in [2.75, 3.05) is 6.67 Å². The number of fused-ring (bicyclic) bond motifs is 1. The predicted molar refractivity (Wildman–Crippen MR) is 77.9 cm³/mol. The lowest BCUT2D eigenvalue weighted by atomic mass is 9.97. The highest BCUT2D eigenvalue weighted by Gasteiger charge is 2.27. The molecule has 0 aliphatic carbocycles. The summed E-state index contributed by atoms with van der Waals surface area (Å²) in [6.45, 7) is 7.26. The molecule has 1 heterocycles. The van der Waals surface area contributed by atoms with E-state index in [1.54, 1.807) is 0 Å². The van der Waals surface area contributed by atoms with Crippen LogP contribution in [-0.4, -0.2) is 23.9 Å². The van der Waals surface area contributed by atoms with E-state index < -0.39 is 18.7 Å². The van der Waals surface area contributed by atoms with Crippen molar-refractivity contribution in [3.63, 3.8) is 0 Å². The van der Waals surface area contributed by atoms with Crippen LogP contribution in [0.5, 0.6) is 5.75 Å². The maximum absolute atomic E-state index is 12.8. The molecule has 0 amide bonds. The number of halogens is 1. The standard InChI is InChI=1S/C14H15FO3.C2H6/c1-8(2)9-3-4-10-5-11(14(16)17)13(7-15)18-12(10)6-9;1-2/h3-6,8,13H,7H2,1-2H3,(H,16,17);1-2H3. The fourth-order valence-electron chi connectivity index (χ4n) is 1.92. The quantitative estimate of drug-likeness (QED) is 0.909. The van der Waals surface area contributed by atoms with Crippen LogP contribution in [0.1, 0.15) is 44.7 Å². The van der Waals surface area contributed by atoms with Gasteiger partial charge in [-0.3, -0.25) is 0 Å². The second kappa shape index (κ2) is 7.08. The summed E-state index contributed by atoms with van der Waals surface area (Å²) in [5.41, 5.74) is 1.72. The summed E-state index contributed by atoms with van der Waals surface area (Å²) in [5, 5.41) is 8.99. The smallest absolute Gasteiger partial charge is 0.335 e. The first kappa shape index (κ1) is 16.2. The van der Waals surface area contributed by atoms with E-state index >= 15 is 0 Å². The monoisotopic (exact) mass is 280 g/mol. The van der Waals surface area contributed by atoms with Gasteiger partial charge in [-0.1, -0.05) is 39.8 Å². The summed E-state index contributed by atoms with van der Waals surface area (Å²) < 4.78 is 18.2. The summed E-state index contributed by atoms with van der Waals surface area (Å²) >= 11 is 0. The Kier molecular flexibility index (Phi) is 5.74. The first-order valence-electron chi connectivity index (χ1n) is 6.84. The molecule has 1 aromatic carbocycles. The van der Waals surface area contributed by atoms with Crippen molar-refractivity contribution in [2.24, 2.45) is 0 Å². The minimum atomic E-state index is -1.14. The molecule has 1 atom stereocenters. The Morgan fingerprint density at radius 2 is 2.05 bits per heavy atom. The Bertz CT molecular complexity index is 506. The first-order chi connectivity index (χ1) is 9.52. The number of rotatable bonds is 3. The van der Waals surface area contributed by atoms with Crippen molar-refractivity contribution in [3.8, 4) is 5.75 Å². The molecule has 1 aromatic rings. The molecule has 110 valence electrons. The summed E-state index contributed by atoms with van der Waals surface area (Å²) in [4.78, 5) is 11.0. The van der Waals surface area contributed by atoms with E-state index in [1.807, 2.05) is 32.0 Å². The zero-order valence-corrected chi connectivity index (χ0v) is 12.3. The Morgan fingerprint density at radius 3 is 2.55 bits per heavy atom. The molecule has 3 nitrogen and oxygen atoms in total. The number of alkyl halides is 1. The third kappa shape index (κ3) is 3.38. The van der Waals surface area contributed by atoms with Crippen LogP contribution < -0.4 is 4.74 Å². The van der Waals surface area contributed by atoms with Gasteiger partial charge in [0.1, 0.15) is 12.4 Å². The molecule has 0 radical (unpaired) electrons. The highest BCUT2D eigenvalue weighted by atomic mass is 19.1. The van der Waals surface area contributed by atoms with Crippen LogP contribution in [0.2, 0.25) is 0 Å². The maximum atomic E-state index is 12.8. The SMILES string of the molecule is CC.CC(C)c1ccc2c(c1)OC(CF)C(C(=O)O)=C2. The fraction of sp³-hybridized carbons (Fsp3) is 0.438. The van der Waals surface area contributed by atoms with Gasteiger partial charge >= 0.3 is 5.97 Å².